The molecule has 0 atom stereocenters. The largest absolute Gasteiger partial charge is 0.494 e. The van der Waals surface area contributed by atoms with Gasteiger partial charge in [-0.2, -0.15) is 0 Å². The van der Waals surface area contributed by atoms with Gasteiger partial charge in [-0.3, -0.25) is 9.79 Å². The minimum atomic E-state index is -0.222. The standard InChI is InChI=1S/C20H23N3O3/c1-12-13(2)22-16(14(12)7-8-20(24)26-4)10-18-19(25-3)11-17(23-18)15-6-5-9-21-15/h5-6,9-11,21,23H,7-8H2,1-4H3/b16-10-. The Balaban J connectivity index is 1.94. The second kappa shape index (κ2) is 7.47. The monoisotopic (exact) mass is 353 g/mol. The van der Waals surface area contributed by atoms with E-state index in [1.165, 1.54) is 7.11 Å². The molecule has 0 saturated heterocycles. The van der Waals surface area contributed by atoms with Crippen molar-refractivity contribution in [2.75, 3.05) is 14.2 Å². The molecule has 1 aliphatic heterocycles. The minimum absolute atomic E-state index is 0.222. The van der Waals surface area contributed by atoms with E-state index in [2.05, 4.69) is 15.0 Å². The van der Waals surface area contributed by atoms with Crippen molar-refractivity contribution >= 4 is 17.8 Å². The number of rotatable bonds is 6. The number of carbonyl (C=O) groups is 1. The van der Waals surface area contributed by atoms with Crippen LogP contribution < -0.4 is 4.74 Å². The third kappa shape index (κ3) is 3.49. The van der Waals surface area contributed by atoms with Gasteiger partial charge in [0, 0.05) is 24.4 Å². The molecule has 0 saturated carbocycles. The lowest BCUT2D eigenvalue weighted by molar-refractivity contribution is -0.140. The lowest BCUT2D eigenvalue weighted by Gasteiger charge is -2.06. The minimum Gasteiger partial charge on any atom is -0.494 e. The first-order valence-corrected chi connectivity index (χ1v) is 8.48. The van der Waals surface area contributed by atoms with Crippen LogP contribution in [0.3, 0.4) is 0 Å². The molecule has 2 aromatic rings. The number of methoxy groups -OCH3 is 2. The highest BCUT2D eigenvalue weighted by Gasteiger charge is 2.20. The van der Waals surface area contributed by atoms with Crippen LogP contribution in [0, 0.1) is 0 Å². The maximum atomic E-state index is 11.5. The summed E-state index contributed by atoms with van der Waals surface area (Å²) in [4.78, 5) is 22.7. The maximum absolute atomic E-state index is 11.5. The van der Waals surface area contributed by atoms with Gasteiger partial charge in [0.2, 0.25) is 0 Å². The number of allylic oxidation sites excluding steroid dienone is 2. The van der Waals surface area contributed by atoms with Crippen LogP contribution in [0.25, 0.3) is 17.5 Å². The molecule has 0 unspecified atom stereocenters. The molecule has 0 amide bonds. The summed E-state index contributed by atoms with van der Waals surface area (Å²) in [7, 11) is 3.05. The predicted molar refractivity (Wildman–Crippen MR) is 102 cm³/mol. The number of nitrogens with zero attached hydrogens (tertiary/aromatic N) is 1. The van der Waals surface area contributed by atoms with E-state index in [1.807, 2.05) is 44.3 Å². The summed E-state index contributed by atoms with van der Waals surface area (Å²) in [5.41, 5.74) is 6.74. The van der Waals surface area contributed by atoms with E-state index in [0.717, 1.165) is 45.4 Å². The van der Waals surface area contributed by atoms with Crippen LogP contribution in [0.5, 0.6) is 5.75 Å². The molecule has 136 valence electrons. The van der Waals surface area contributed by atoms with Crippen LogP contribution in [0.15, 0.2) is 46.2 Å². The second-order valence-electron chi connectivity index (χ2n) is 6.16. The Hall–Kier alpha value is -3.02. The number of hydrogen-bond acceptors (Lipinski definition) is 4. The van der Waals surface area contributed by atoms with E-state index >= 15 is 0 Å². The van der Waals surface area contributed by atoms with Crippen molar-refractivity contribution in [3.8, 4) is 17.1 Å². The zero-order valence-electron chi connectivity index (χ0n) is 15.5. The molecular weight excluding hydrogens is 330 g/mol. The first-order chi connectivity index (χ1) is 12.5. The third-order valence-corrected chi connectivity index (χ3v) is 4.60. The number of aromatic amines is 2. The topological polar surface area (TPSA) is 79.5 Å². The summed E-state index contributed by atoms with van der Waals surface area (Å²) < 4.78 is 10.3. The van der Waals surface area contributed by atoms with Crippen LogP contribution in [-0.4, -0.2) is 35.9 Å². The number of aromatic nitrogens is 2. The van der Waals surface area contributed by atoms with Gasteiger partial charge in [0.1, 0.15) is 5.75 Å². The molecular formula is C20H23N3O3. The number of hydrogen-bond donors (Lipinski definition) is 2. The summed E-state index contributed by atoms with van der Waals surface area (Å²) in [6.45, 7) is 4.01. The lowest BCUT2D eigenvalue weighted by atomic mass is 10.0. The van der Waals surface area contributed by atoms with E-state index in [1.54, 1.807) is 7.11 Å². The maximum Gasteiger partial charge on any atom is 0.305 e. The molecule has 0 fully saturated rings. The number of esters is 1. The summed E-state index contributed by atoms with van der Waals surface area (Å²) in [6, 6.07) is 5.89. The van der Waals surface area contributed by atoms with Gasteiger partial charge in [-0.25, -0.2) is 0 Å². The number of aliphatic imine (C=N–C) groups is 1. The molecule has 2 aromatic heterocycles. The average molecular weight is 353 g/mol. The first kappa shape index (κ1) is 17.8. The summed E-state index contributed by atoms with van der Waals surface area (Å²) >= 11 is 0. The Labute approximate surface area is 152 Å². The van der Waals surface area contributed by atoms with Crippen LogP contribution in [0.1, 0.15) is 32.4 Å². The number of nitrogens with one attached hydrogen (secondary N) is 2. The molecule has 2 N–H and O–H groups in total. The van der Waals surface area contributed by atoms with Gasteiger partial charge in [-0.05, 0) is 49.6 Å². The molecule has 3 heterocycles. The van der Waals surface area contributed by atoms with E-state index in [0.29, 0.717) is 12.8 Å². The molecule has 1 aliphatic rings. The van der Waals surface area contributed by atoms with Gasteiger partial charge < -0.3 is 19.4 Å². The van der Waals surface area contributed by atoms with E-state index in [-0.39, 0.29) is 5.97 Å². The van der Waals surface area contributed by atoms with Crippen molar-refractivity contribution in [2.24, 2.45) is 4.99 Å². The second-order valence-corrected chi connectivity index (χ2v) is 6.16. The number of ether oxygens (including phenoxy) is 2. The van der Waals surface area contributed by atoms with Crippen LogP contribution in [-0.2, 0) is 9.53 Å². The fourth-order valence-corrected chi connectivity index (χ4v) is 3.01. The first-order valence-electron chi connectivity index (χ1n) is 8.48. The van der Waals surface area contributed by atoms with Crippen molar-refractivity contribution < 1.29 is 14.3 Å². The molecule has 0 spiro atoms. The Kier molecular flexibility index (Phi) is 5.11. The molecule has 0 aromatic carbocycles. The van der Waals surface area contributed by atoms with E-state index < -0.39 is 0 Å². The van der Waals surface area contributed by atoms with Crippen LogP contribution in [0.4, 0.5) is 0 Å². The van der Waals surface area contributed by atoms with Gasteiger partial charge in [0.05, 0.1) is 37.0 Å². The van der Waals surface area contributed by atoms with E-state index in [4.69, 9.17) is 9.47 Å². The Morgan fingerprint density at radius 1 is 1.27 bits per heavy atom. The third-order valence-electron chi connectivity index (χ3n) is 4.60. The van der Waals surface area contributed by atoms with E-state index in [9.17, 15) is 4.79 Å². The molecule has 6 heteroatoms. The predicted octanol–water partition coefficient (Wildman–Crippen LogP) is 4.10. The Bertz CT molecular complexity index is 899. The van der Waals surface area contributed by atoms with Gasteiger partial charge >= 0.3 is 5.97 Å². The highest BCUT2D eigenvalue weighted by molar-refractivity contribution is 6.03. The number of H-pyrrole nitrogens is 2. The molecule has 6 nitrogen and oxygen atoms in total. The van der Waals surface area contributed by atoms with Gasteiger partial charge in [-0.1, -0.05) is 0 Å². The van der Waals surface area contributed by atoms with Gasteiger partial charge in [-0.15, -0.1) is 0 Å². The highest BCUT2D eigenvalue weighted by atomic mass is 16.5. The highest BCUT2D eigenvalue weighted by Crippen LogP contribution is 2.34. The normalized spacial score (nSPS) is 15.5. The lowest BCUT2D eigenvalue weighted by Crippen LogP contribution is -2.01. The Morgan fingerprint density at radius 2 is 2.08 bits per heavy atom. The quantitative estimate of drug-likeness (QED) is 0.767. The Morgan fingerprint density at radius 3 is 2.73 bits per heavy atom. The van der Waals surface area contributed by atoms with Gasteiger partial charge in [0.25, 0.3) is 0 Å². The molecule has 0 radical (unpaired) electrons. The smallest absolute Gasteiger partial charge is 0.305 e. The fourth-order valence-electron chi connectivity index (χ4n) is 3.01. The average Bonchev–Trinajstić information content (AvgIpc) is 3.34. The van der Waals surface area contributed by atoms with Crippen LogP contribution in [0.2, 0.25) is 0 Å². The number of carbonyl (C=O) groups excluding carboxylic acids is 1. The van der Waals surface area contributed by atoms with Gasteiger partial charge in [0.15, 0.2) is 0 Å². The summed E-state index contributed by atoms with van der Waals surface area (Å²) in [5, 5.41) is 0. The van der Waals surface area contributed by atoms with Crippen molar-refractivity contribution in [2.45, 2.75) is 26.7 Å². The SMILES string of the molecule is COC(=O)CCC1=C(C)C(C)=N/C1=C\c1[nH]c(-c2ccc[nH]2)cc1OC. The zero-order valence-corrected chi connectivity index (χ0v) is 15.5. The molecule has 0 bridgehead atoms. The van der Waals surface area contributed by atoms with Crippen molar-refractivity contribution in [1.29, 1.82) is 0 Å². The van der Waals surface area contributed by atoms with Crippen molar-refractivity contribution in [1.82, 2.24) is 9.97 Å². The zero-order chi connectivity index (χ0) is 18.7. The van der Waals surface area contributed by atoms with Crippen molar-refractivity contribution in [3.05, 3.63) is 46.9 Å². The molecule has 26 heavy (non-hydrogen) atoms. The van der Waals surface area contributed by atoms with Crippen molar-refractivity contribution in [3.63, 3.8) is 0 Å². The van der Waals surface area contributed by atoms with Crippen LogP contribution >= 0.6 is 0 Å². The fraction of sp³-hybridized carbons (Fsp3) is 0.300. The summed E-state index contributed by atoms with van der Waals surface area (Å²) in [6.07, 6.45) is 4.77. The molecule has 0 aliphatic carbocycles. The molecule has 3 rings (SSSR count). The summed E-state index contributed by atoms with van der Waals surface area (Å²) in [5.74, 6) is 0.521.